The Morgan fingerprint density at radius 1 is 0.629 bits per heavy atom. The highest BCUT2D eigenvalue weighted by Gasteiger charge is 2.42. The Balaban J connectivity index is 0.000000174. The molecule has 10 rings (SSSR count). The molecule has 0 radical (unpaired) electrons. The predicted octanol–water partition coefficient (Wildman–Crippen LogP) is 9.72. The van der Waals surface area contributed by atoms with E-state index in [-0.39, 0.29) is 48.6 Å². The van der Waals surface area contributed by atoms with Crippen LogP contribution in [-0.2, 0) is 53.4 Å². The van der Waals surface area contributed by atoms with Gasteiger partial charge in [-0.3, -0.25) is 19.6 Å². The number of benzene rings is 4. The molecule has 2 atom stereocenters. The summed E-state index contributed by atoms with van der Waals surface area (Å²) in [4.78, 5) is 51.6. The van der Waals surface area contributed by atoms with Crippen molar-refractivity contribution >= 4 is 79.9 Å². The molecule has 4 aliphatic heterocycles. The van der Waals surface area contributed by atoms with Gasteiger partial charge < -0.3 is 18.9 Å². The van der Waals surface area contributed by atoms with Crippen LogP contribution in [0.3, 0.4) is 0 Å². The maximum absolute atomic E-state index is 13.7. The third-order valence-corrected chi connectivity index (χ3v) is 14.7. The molecular weight excluding hydrogens is 976 g/mol. The van der Waals surface area contributed by atoms with Gasteiger partial charge >= 0.3 is 12.1 Å². The van der Waals surface area contributed by atoms with E-state index in [2.05, 4.69) is 27.1 Å². The lowest BCUT2D eigenvalue weighted by atomic mass is 10.1. The fourth-order valence-electron chi connectivity index (χ4n) is 8.36. The number of rotatable bonds is 12. The number of urea groups is 2. The largest absolute Gasteiger partial charge is 0.348 e. The van der Waals surface area contributed by atoms with Crippen molar-refractivity contribution in [3.63, 3.8) is 0 Å². The summed E-state index contributed by atoms with van der Waals surface area (Å²) < 4.78 is 49.6. The number of halogens is 2. The topological polar surface area (TPSA) is 170 Å². The summed E-state index contributed by atoms with van der Waals surface area (Å²) in [5.41, 5.74) is 4.43. The van der Waals surface area contributed by atoms with Gasteiger partial charge in [0, 0.05) is 29.3 Å². The fourth-order valence-corrected chi connectivity index (χ4v) is 10.8. The lowest BCUT2D eigenvalue weighted by molar-refractivity contribution is -0.137. The van der Waals surface area contributed by atoms with E-state index in [9.17, 15) is 18.0 Å². The normalized spacial score (nSPS) is 19.4. The predicted molar refractivity (Wildman–Crippen MR) is 268 cm³/mol. The first-order valence-corrected chi connectivity index (χ1v) is 25.9. The number of ether oxygens (including phenoxy) is 4. The van der Waals surface area contributed by atoms with E-state index in [1.165, 1.54) is 21.6 Å². The molecule has 20 heteroatoms. The lowest BCUT2D eigenvalue weighted by Gasteiger charge is -2.37. The van der Waals surface area contributed by atoms with E-state index in [1.54, 1.807) is 96.2 Å². The van der Waals surface area contributed by atoms with E-state index >= 15 is 0 Å². The number of nitrogens with zero attached hydrogens (tertiary/aromatic N) is 8. The average molecular weight is 1030 g/mol. The Labute approximate surface area is 420 Å². The van der Waals surface area contributed by atoms with Gasteiger partial charge in [0.2, 0.25) is 15.0 Å². The SMILES string of the molecule is CC1(C)OC[C@H](CN2C(=O)N(c3ccccc3Cl)Cc3cnc(S(=O)(=O)Cc4ccccc4)nc32)O1.CC1(C)OC[C@H](CN2C(=O)N(c3ccccc3Cl)Cc3cnc(SCc4ccccc4)nc32)O1. The van der Waals surface area contributed by atoms with Crippen molar-refractivity contribution in [1.29, 1.82) is 0 Å². The van der Waals surface area contributed by atoms with E-state index in [4.69, 9.17) is 47.1 Å². The molecule has 70 heavy (non-hydrogen) atoms. The van der Waals surface area contributed by atoms with E-state index in [1.807, 2.05) is 56.3 Å². The Kier molecular flexibility index (Phi) is 14.5. The average Bonchev–Trinajstić information content (AvgIpc) is 3.88. The van der Waals surface area contributed by atoms with Crippen LogP contribution in [0.5, 0.6) is 0 Å². The van der Waals surface area contributed by atoms with Crippen LogP contribution < -0.4 is 19.6 Å². The van der Waals surface area contributed by atoms with Crippen LogP contribution in [0.25, 0.3) is 0 Å². The highest BCUT2D eigenvalue weighted by molar-refractivity contribution is 7.98. The number of carbonyl (C=O) groups excluding carboxylic acids is 2. The first-order valence-electron chi connectivity index (χ1n) is 22.5. The zero-order valence-electron chi connectivity index (χ0n) is 38.8. The molecule has 0 saturated carbocycles. The van der Waals surface area contributed by atoms with Crippen LogP contribution >= 0.6 is 35.0 Å². The summed E-state index contributed by atoms with van der Waals surface area (Å²) in [6, 6.07) is 32.7. The number of amides is 4. The van der Waals surface area contributed by atoms with Crippen molar-refractivity contribution < 1.29 is 37.0 Å². The molecule has 4 amide bonds. The standard InChI is InChI=1S/C25H25ClN4O5S.C25H25ClN4O3S/c1-25(2)34-15-19(35-25)14-30-22-18(13-29(24(30)31)21-11-7-6-10-20(21)26)12-27-23(28-22)36(32,33)16-17-8-4-3-5-9-17;1-25(2)32-15-19(33-25)14-30-22-18(13-29(24(30)31)21-11-7-6-10-20(21)26)12-27-23(28-22)34-16-17-8-4-3-5-9-17/h3-12,19H,13-16H2,1-2H3;3-12,19H,13-16H2,1-2H3/t2*19-/m00/s1. The summed E-state index contributed by atoms with van der Waals surface area (Å²) >= 11 is 14.4. The Bertz CT molecular complexity index is 2990. The molecule has 4 aromatic carbocycles. The second-order valence-corrected chi connectivity index (χ2v) is 21.4. The highest BCUT2D eigenvalue weighted by Crippen LogP contribution is 2.38. The number of anilines is 4. The quantitative estimate of drug-likeness (QED) is 0.0840. The van der Waals surface area contributed by atoms with Gasteiger partial charge in [0.25, 0.3) is 0 Å². The molecule has 2 aromatic heterocycles. The van der Waals surface area contributed by atoms with Gasteiger partial charge in [-0.05, 0) is 63.1 Å². The van der Waals surface area contributed by atoms with Gasteiger partial charge in [-0.25, -0.2) is 37.9 Å². The van der Waals surface area contributed by atoms with Crippen molar-refractivity contribution in [2.45, 2.75) is 86.4 Å². The lowest BCUT2D eigenvalue weighted by Crippen LogP contribution is -2.51. The second-order valence-electron chi connectivity index (χ2n) is 17.8. The van der Waals surface area contributed by atoms with Gasteiger partial charge in [0.15, 0.2) is 16.7 Å². The van der Waals surface area contributed by atoms with Crippen LogP contribution in [0.1, 0.15) is 49.9 Å². The van der Waals surface area contributed by atoms with Crippen LogP contribution in [0, 0.1) is 0 Å². The molecule has 6 aromatic rings. The molecule has 6 heterocycles. The molecule has 0 bridgehead atoms. The Morgan fingerprint density at radius 3 is 1.57 bits per heavy atom. The van der Waals surface area contributed by atoms with Gasteiger partial charge in [-0.15, -0.1) is 0 Å². The minimum absolute atomic E-state index is 0.116. The van der Waals surface area contributed by atoms with Crippen molar-refractivity contribution in [2.24, 2.45) is 0 Å². The summed E-state index contributed by atoms with van der Waals surface area (Å²) in [5.74, 6) is -0.139. The van der Waals surface area contributed by atoms with E-state index < -0.39 is 33.5 Å². The number of aromatic nitrogens is 4. The van der Waals surface area contributed by atoms with Gasteiger partial charge in [0.05, 0.1) is 66.6 Å². The summed E-state index contributed by atoms with van der Waals surface area (Å²) in [7, 11) is -3.86. The fraction of sp³-hybridized carbons (Fsp3) is 0.320. The molecule has 364 valence electrons. The Morgan fingerprint density at radius 2 is 1.09 bits per heavy atom. The van der Waals surface area contributed by atoms with Crippen LogP contribution in [-0.4, -0.2) is 90.5 Å². The maximum Gasteiger partial charge on any atom is 0.330 e. The minimum Gasteiger partial charge on any atom is -0.348 e. The first kappa shape index (κ1) is 49.3. The van der Waals surface area contributed by atoms with Gasteiger partial charge in [-0.1, -0.05) is 120 Å². The molecule has 0 N–H and O–H groups in total. The van der Waals surface area contributed by atoms with Gasteiger partial charge in [0.1, 0.15) is 23.8 Å². The number of hydrogen-bond acceptors (Lipinski definition) is 13. The number of carbonyl (C=O) groups is 2. The zero-order chi connectivity index (χ0) is 49.2. The first-order chi connectivity index (χ1) is 33.5. The minimum atomic E-state index is -3.86. The molecule has 0 aliphatic carbocycles. The summed E-state index contributed by atoms with van der Waals surface area (Å²) in [5, 5.41) is 1.21. The number of hydrogen-bond donors (Lipinski definition) is 0. The molecule has 2 fully saturated rings. The number of sulfone groups is 1. The second kappa shape index (κ2) is 20.6. The third-order valence-electron chi connectivity index (χ3n) is 11.6. The molecule has 2 saturated heterocycles. The zero-order valence-corrected chi connectivity index (χ0v) is 41.9. The van der Waals surface area contributed by atoms with Crippen molar-refractivity contribution in [1.82, 2.24) is 19.9 Å². The van der Waals surface area contributed by atoms with Crippen molar-refractivity contribution in [2.75, 3.05) is 45.9 Å². The van der Waals surface area contributed by atoms with Crippen LogP contribution in [0.15, 0.2) is 132 Å². The Hall–Kier alpha value is -5.70. The smallest absolute Gasteiger partial charge is 0.330 e. The van der Waals surface area contributed by atoms with Crippen molar-refractivity contribution in [3.8, 4) is 0 Å². The number of para-hydroxylation sites is 2. The van der Waals surface area contributed by atoms with Crippen molar-refractivity contribution in [3.05, 3.63) is 154 Å². The van der Waals surface area contributed by atoms with Crippen LogP contribution in [0.4, 0.5) is 32.6 Å². The molecule has 16 nitrogen and oxygen atoms in total. The summed E-state index contributed by atoms with van der Waals surface area (Å²) in [6.45, 7) is 8.93. The molecule has 0 unspecified atom stereocenters. The van der Waals surface area contributed by atoms with E-state index in [0.717, 1.165) is 11.3 Å². The molecule has 0 spiro atoms. The molecule has 4 aliphatic rings. The van der Waals surface area contributed by atoms with E-state index in [0.29, 0.717) is 63.2 Å². The number of fused-ring (bicyclic) bond motifs is 2. The number of thioether (sulfide) groups is 1. The third kappa shape index (κ3) is 11.2. The molecular formula is C50H50Cl2N8O8S2. The highest BCUT2D eigenvalue weighted by atomic mass is 35.5. The van der Waals surface area contributed by atoms with Crippen LogP contribution in [0.2, 0.25) is 10.0 Å². The maximum atomic E-state index is 13.7. The monoisotopic (exact) mass is 1020 g/mol. The van der Waals surface area contributed by atoms with Gasteiger partial charge in [-0.2, -0.15) is 0 Å². The summed E-state index contributed by atoms with van der Waals surface area (Å²) in [6.07, 6.45) is 2.56.